The Bertz CT molecular complexity index is 144. The third-order valence-electron chi connectivity index (χ3n) is 0.782. The smallest absolute Gasteiger partial charge is 0.317 e. The molecule has 0 saturated carbocycles. The number of alkyl halides is 3. The lowest BCUT2D eigenvalue weighted by Gasteiger charge is -2.11. The molecule has 1 aliphatic heterocycles. The topological polar surface area (TPSA) is 33.3 Å². The fourth-order valence-corrected chi connectivity index (χ4v) is 0.479. The zero-order valence-corrected chi connectivity index (χ0v) is 4.70. The Labute approximate surface area is 54.8 Å². The van der Waals surface area contributed by atoms with Crippen LogP contribution < -0.4 is 10.9 Å². The number of hydrazine groups is 1. The molecule has 1 atom stereocenters. The number of halogens is 3. The van der Waals surface area contributed by atoms with E-state index in [1.165, 1.54) is 0 Å². The standard InChI is InChI=1S/C4H4F3N2O/c5-4(6,7)10-3-1-2-8-9-3/h1,3,8-9H. The molecule has 0 spiro atoms. The van der Waals surface area contributed by atoms with E-state index in [0.29, 0.717) is 0 Å². The van der Waals surface area contributed by atoms with Crippen LogP contribution in [0.4, 0.5) is 13.2 Å². The van der Waals surface area contributed by atoms with E-state index in [9.17, 15) is 13.2 Å². The highest BCUT2D eigenvalue weighted by Gasteiger charge is 2.33. The van der Waals surface area contributed by atoms with Gasteiger partial charge in [-0.15, -0.1) is 13.2 Å². The largest absolute Gasteiger partial charge is 0.524 e. The van der Waals surface area contributed by atoms with Gasteiger partial charge >= 0.3 is 6.36 Å². The molecule has 0 aromatic carbocycles. The molecule has 3 nitrogen and oxygen atoms in total. The molecule has 1 aliphatic rings. The molecule has 10 heavy (non-hydrogen) atoms. The molecule has 0 bridgehead atoms. The van der Waals surface area contributed by atoms with Crippen molar-refractivity contribution in [2.45, 2.75) is 12.6 Å². The first-order chi connectivity index (χ1) is 4.58. The van der Waals surface area contributed by atoms with Gasteiger partial charge in [-0.2, -0.15) is 0 Å². The maximum absolute atomic E-state index is 11.4. The number of hydrogen-bond acceptors (Lipinski definition) is 3. The van der Waals surface area contributed by atoms with Gasteiger partial charge in [0.1, 0.15) is 0 Å². The Hall–Kier alpha value is -0.750. The molecule has 57 valence electrons. The highest BCUT2D eigenvalue weighted by atomic mass is 19.4. The Morgan fingerprint density at radius 3 is 2.60 bits per heavy atom. The van der Waals surface area contributed by atoms with Crippen molar-refractivity contribution in [3.05, 3.63) is 12.3 Å². The molecule has 6 heteroatoms. The van der Waals surface area contributed by atoms with Crippen LogP contribution in [-0.4, -0.2) is 12.6 Å². The van der Waals surface area contributed by atoms with Gasteiger partial charge in [-0.3, -0.25) is 4.74 Å². The first-order valence-electron chi connectivity index (χ1n) is 2.42. The minimum atomic E-state index is -4.61. The summed E-state index contributed by atoms with van der Waals surface area (Å²) in [6, 6.07) is 0. The van der Waals surface area contributed by atoms with Crippen LogP contribution in [0.5, 0.6) is 0 Å². The van der Waals surface area contributed by atoms with Gasteiger partial charge < -0.3 is 5.43 Å². The predicted molar refractivity (Wildman–Crippen MR) is 25.0 cm³/mol. The summed E-state index contributed by atoms with van der Waals surface area (Å²) in [4.78, 5) is 0. The lowest BCUT2D eigenvalue weighted by molar-refractivity contribution is -0.339. The molecule has 0 aromatic heterocycles. The van der Waals surface area contributed by atoms with Crippen LogP contribution in [-0.2, 0) is 4.74 Å². The van der Waals surface area contributed by atoms with Gasteiger partial charge in [0, 0.05) is 0 Å². The van der Waals surface area contributed by atoms with Crippen LogP contribution in [0.2, 0.25) is 0 Å². The van der Waals surface area contributed by atoms with Crippen LogP contribution in [0.25, 0.3) is 0 Å². The van der Waals surface area contributed by atoms with Crippen molar-refractivity contribution in [2.75, 3.05) is 0 Å². The zero-order chi connectivity index (χ0) is 7.61. The van der Waals surface area contributed by atoms with Gasteiger partial charge in [-0.25, -0.2) is 5.43 Å². The third-order valence-corrected chi connectivity index (χ3v) is 0.782. The molecule has 0 saturated heterocycles. The van der Waals surface area contributed by atoms with Crippen LogP contribution in [0.1, 0.15) is 0 Å². The van der Waals surface area contributed by atoms with Crippen molar-refractivity contribution in [1.29, 1.82) is 0 Å². The summed E-state index contributed by atoms with van der Waals surface area (Å²) in [6.45, 7) is 0. The van der Waals surface area contributed by atoms with E-state index in [4.69, 9.17) is 0 Å². The molecule has 2 N–H and O–H groups in total. The van der Waals surface area contributed by atoms with Crippen molar-refractivity contribution in [3.8, 4) is 0 Å². The predicted octanol–water partition coefficient (Wildman–Crippen LogP) is 0.274. The molecule has 0 fully saturated rings. The van der Waals surface area contributed by atoms with E-state index < -0.39 is 12.6 Å². The van der Waals surface area contributed by atoms with Gasteiger partial charge in [-0.1, -0.05) is 0 Å². The van der Waals surface area contributed by atoms with Crippen molar-refractivity contribution < 1.29 is 17.9 Å². The first kappa shape index (κ1) is 7.36. The quantitative estimate of drug-likeness (QED) is 0.567. The van der Waals surface area contributed by atoms with Crippen LogP contribution in [0, 0.1) is 6.20 Å². The summed E-state index contributed by atoms with van der Waals surface area (Å²) >= 11 is 0. The number of rotatable bonds is 1. The number of hydrogen-bond donors (Lipinski definition) is 2. The van der Waals surface area contributed by atoms with Gasteiger partial charge in [0.2, 0.25) is 0 Å². The normalized spacial score (nSPS) is 24.9. The molecule has 0 aromatic rings. The van der Waals surface area contributed by atoms with Gasteiger partial charge in [0.25, 0.3) is 0 Å². The maximum Gasteiger partial charge on any atom is 0.524 e. The van der Waals surface area contributed by atoms with Crippen LogP contribution in [0.3, 0.4) is 0 Å². The van der Waals surface area contributed by atoms with Crippen molar-refractivity contribution >= 4 is 0 Å². The Morgan fingerprint density at radius 1 is 1.50 bits per heavy atom. The van der Waals surface area contributed by atoms with Crippen LogP contribution >= 0.6 is 0 Å². The molecule has 1 rings (SSSR count). The molecule has 1 unspecified atom stereocenters. The number of ether oxygens (including phenoxy) is 1. The van der Waals surface area contributed by atoms with E-state index in [-0.39, 0.29) is 0 Å². The fourth-order valence-electron chi connectivity index (χ4n) is 0.479. The van der Waals surface area contributed by atoms with Crippen molar-refractivity contribution in [1.82, 2.24) is 10.9 Å². The second kappa shape index (κ2) is 2.47. The Morgan fingerprint density at radius 2 is 2.20 bits per heavy atom. The molecular formula is C4H4F3N2O. The summed E-state index contributed by atoms with van der Waals surface area (Å²) in [5.74, 6) is 0. The van der Waals surface area contributed by atoms with Gasteiger partial charge in [0.05, 0.1) is 6.20 Å². The van der Waals surface area contributed by atoms with Crippen molar-refractivity contribution in [3.63, 3.8) is 0 Å². The summed E-state index contributed by atoms with van der Waals surface area (Å²) in [7, 11) is 0. The number of nitrogens with one attached hydrogen (secondary N) is 2. The molecule has 1 radical (unpaired) electrons. The summed E-state index contributed by atoms with van der Waals surface area (Å²) in [6.07, 6.45) is -2.40. The first-order valence-corrected chi connectivity index (χ1v) is 2.42. The van der Waals surface area contributed by atoms with E-state index in [2.05, 4.69) is 21.8 Å². The molecular weight excluding hydrogens is 149 g/mol. The zero-order valence-electron chi connectivity index (χ0n) is 4.70. The lowest BCUT2D eigenvalue weighted by Crippen LogP contribution is -2.36. The SMILES string of the molecule is FC(F)(F)OC1C=[C]NN1. The summed E-state index contributed by atoms with van der Waals surface area (Å²) in [5.41, 5.74) is 4.37. The minimum Gasteiger partial charge on any atom is -0.317 e. The van der Waals surface area contributed by atoms with E-state index in [1.54, 1.807) is 0 Å². The Kier molecular flexibility index (Phi) is 1.82. The van der Waals surface area contributed by atoms with Gasteiger partial charge in [-0.05, 0) is 6.08 Å². The highest BCUT2D eigenvalue weighted by Crippen LogP contribution is 2.18. The summed E-state index contributed by atoms with van der Waals surface area (Å²) < 4.78 is 37.6. The van der Waals surface area contributed by atoms with Gasteiger partial charge in [0.15, 0.2) is 6.23 Å². The lowest BCUT2D eigenvalue weighted by atomic mass is 10.6. The average molecular weight is 153 g/mol. The van der Waals surface area contributed by atoms with Crippen molar-refractivity contribution in [2.24, 2.45) is 0 Å². The molecule has 1 heterocycles. The molecule has 0 amide bonds. The third kappa shape index (κ3) is 2.24. The Balaban J connectivity index is 2.31. The highest BCUT2D eigenvalue weighted by molar-refractivity contribution is 4.85. The molecule has 0 aliphatic carbocycles. The second-order valence-electron chi connectivity index (χ2n) is 1.56. The maximum atomic E-state index is 11.4. The van der Waals surface area contributed by atoms with E-state index in [1.807, 2.05) is 0 Å². The fraction of sp³-hybridized carbons (Fsp3) is 0.500. The summed E-state index contributed by atoms with van der Waals surface area (Å²) in [5, 5.41) is 0. The van der Waals surface area contributed by atoms with E-state index >= 15 is 0 Å². The van der Waals surface area contributed by atoms with Crippen LogP contribution in [0.15, 0.2) is 6.08 Å². The second-order valence-corrected chi connectivity index (χ2v) is 1.56. The monoisotopic (exact) mass is 153 g/mol. The van der Waals surface area contributed by atoms with E-state index in [0.717, 1.165) is 6.08 Å². The average Bonchev–Trinajstić information content (AvgIpc) is 2.12. The minimum absolute atomic E-state index is 1.09.